The molecular formula is C11H13FN2O3. The molecule has 1 rings (SSSR count). The van der Waals surface area contributed by atoms with Gasteiger partial charge in [-0.3, -0.25) is 4.79 Å². The standard InChI is InChI=1S/C11H13FN2O3/c1-17-10(15)7-14-11(16)13-6-8-2-4-9(12)5-3-8/h2-5H,6-7H2,1H3,(H2,13,14,16). The summed E-state index contributed by atoms with van der Waals surface area (Å²) < 4.78 is 16.9. The van der Waals surface area contributed by atoms with Crippen molar-refractivity contribution in [1.82, 2.24) is 10.6 Å². The highest BCUT2D eigenvalue weighted by Crippen LogP contribution is 2.01. The van der Waals surface area contributed by atoms with Gasteiger partial charge in [-0.05, 0) is 17.7 Å². The molecule has 2 amide bonds. The van der Waals surface area contributed by atoms with Crippen molar-refractivity contribution in [3.63, 3.8) is 0 Å². The molecule has 17 heavy (non-hydrogen) atoms. The Labute approximate surface area is 98.0 Å². The lowest BCUT2D eigenvalue weighted by Crippen LogP contribution is -2.38. The van der Waals surface area contributed by atoms with Gasteiger partial charge in [0.1, 0.15) is 12.4 Å². The number of methoxy groups -OCH3 is 1. The SMILES string of the molecule is COC(=O)CNC(=O)NCc1ccc(F)cc1. The fourth-order valence-electron chi connectivity index (χ4n) is 1.07. The fourth-order valence-corrected chi connectivity index (χ4v) is 1.07. The summed E-state index contributed by atoms with van der Waals surface area (Å²) in [6, 6.07) is 5.26. The normalized spacial score (nSPS) is 9.53. The van der Waals surface area contributed by atoms with Gasteiger partial charge in [-0.25, -0.2) is 9.18 Å². The van der Waals surface area contributed by atoms with Crippen LogP contribution in [0.4, 0.5) is 9.18 Å². The van der Waals surface area contributed by atoms with E-state index in [1.54, 1.807) is 12.1 Å². The molecule has 92 valence electrons. The number of esters is 1. The number of urea groups is 1. The maximum Gasteiger partial charge on any atom is 0.325 e. The monoisotopic (exact) mass is 240 g/mol. The first-order valence-electron chi connectivity index (χ1n) is 4.95. The van der Waals surface area contributed by atoms with Crippen LogP contribution in [0.1, 0.15) is 5.56 Å². The predicted octanol–water partition coefficient (Wildman–Crippen LogP) is 0.798. The van der Waals surface area contributed by atoms with E-state index in [0.717, 1.165) is 5.56 Å². The Bertz CT molecular complexity index is 392. The van der Waals surface area contributed by atoms with E-state index in [1.807, 2.05) is 0 Å². The Kier molecular flexibility index (Phi) is 4.93. The van der Waals surface area contributed by atoms with E-state index in [2.05, 4.69) is 15.4 Å². The first-order valence-corrected chi connectivity index (χ1v) is 4.95. The van der Waals surface area contributed by atoms with Gasteiger partial charge in [0.25, 0.3) is 0 Å². The molecule has 0 saturated heterocycles. The van der Waals surface area contributed by atoms with Crippen molar-refractivity contribution in [1.29, 1.82) is 0 Å². The smallest absolute Gasteiger partial charge is 0.325 e. The topological polar surface area (TPSA) is 67.4 Å². The third-order valence-corrected chi connectivity index (χ3v) is 1.99. The van der Waals surface area contributed by atoms with E-state index in [1.165, 1.54) is 19.2 Å². The first kappa shape index (κ1) is 13.0. The van der Waals surface area contributed by atoms with Crippen LogP contribution in [0.15, 0.2) is 24.3 Å². The van der Waals surface area contributed by atoms with Gasteiger partial charge in [-0.1, -0.05) is 12.1 Å². The van der Waals surface area contributed by atoms with Crippen LogP contribution in [0.5, 0.6) is 0 Å². The number of carbonyl (C=O) groups excluding carboxylic acids is 2. The third kappa shape index (κ3) is 4.96. The molecule has 0 aromatic heterocycles. The summed E-state index contributed by atoms with van der Waals surface area (Å²) in [6.07, 6.45) is 0. The Hall–Kier alpha value is -2.11. The molecule has 0 aliphatic rings. The van der Waals surface area contributed by atoms with E-state index < -0.39 is 12.0 Å². The zero-order valence-corrected chi connectivity index (χ0v) is 9.33. The van der Waals surface area contributed by atoms with Crippen molar-refractivity contribution in [2.24, 2.45) is 0 Å². The van der Waals surface area contributed by atoms with Crippen molar-refractivity contribution < 1.29 is 18.7 Å². The summed E-state index contributed by atoms with van der Waals surface area (Å²) in [5.41, 5.74) is 0.764. The predicted molar refractivity (Wildman–Crippen MR) is 58.7 cm³/mol. The van der Waals surface area contributed by atoms with Crippen molar-refractivity contribution in [3.05, 3.63) is 35.6 Å². The van der Waals surface area contributed by atoms with Crippen LogP contribution in [-0.4, -0.2) is 25.7 Å². The lowest BCUT2D eigenvalue weighted by molar-refractivity contribution is -0.139. The molecule has 2 N–H and O–H groups in total. The van der Waals surface area contributed by atoms with Crippen molar-refractivity contribution in [3.8, 4) is 0 Å². The molecule has 1 aromatic rings. The minimum Gasteiger partial charge on any atom is -0.468 e. The average Bonchev–Trinajstić information content (AvgIpc) is 2.35. The second-order valence-corrected chi connectivity index (χ2v) is 3.24. The Morgan fingerprint density at radius 2 is 1.88 bits per heavy atom. The van der Waals surface area contributed by atoms with E-state index in [0.29, 0.717) is 0 Å². The highest BCUT2D eigenvalue weighted by molar-refractivity contribution is 5.80. The molecule has 0 aliphatic carbocycles. The first-order chi connectivity index (χ1) is 8.11. The van der Waals surface area contributed by atoms with E-state index >= 15 is 0 Å². The van der Waals surface area contributed by atoms with Crippen LogP contribution in [-0.2, 0) is 16.1 Å². The molecule has 5 nitrogen and oxygen atoms in total. The van der Waals surface area contributed by atoms with Gasteiger partial charge in [0, 0.05) is 6.54 Å². The van der Waals surface area contributed by atoms with Crippen LogP contribution >= 0.6 is 0 Å². The molecule has 6 heteroatoms. The minimum atomic E-state index is -0.526. The highest BCUT2D eigenvalue weighted by atomic mass is 19.1. The molecule has 0 radical (unpaired) electrons. The molecule has 0 heterocycles. The molecule has 0 bridgehead atoms. The molecule has 0 aliphatic heterocycles. The third-order valence-electron chi connectivity index (χ3n) is 1.99. The fraction of sp³-hybridized carbons (Fsp3) is 0.273. The molecule has 0 atom stereocenters. The zero-order chi connectivity index (χ0) is 12.7. The number of hydrogen-bond acceptors (Lipinski definition) is 3. The van der Waals surface area contributed by atoms with E-state index in [4.69, 9.17) is 0 Å². The molecule has 0 fully saturated rings. The number of rotatable bonds is 4. The van der Waals surface area contributed by atoms with E-state index in [-0.39, 0.29) is 18.9 Å². The van der Waals surface area contributed by atoms with E-state index in [9.17, 15) is 14.0 Å². The summed E-state index contributed by atoms with van der Waals surface area (Å²) in [4.78, 5) is 21.9. The molecular weight excluding hydrogens is 227 g/mol. The van der Waals surface area contributed by atoms with Crippen molar-refractivity contribution in [2.75, 3.05) is 13.7 Å². The van der Waals surface area contributed by atoms with Crippen molar-refractivity contribution >= 4 is 12.0 Å². The summed E-state index contributed by atoms with van der Waals surface area (Å²) in [6.45, 7) is 0.0685. The second-order valence-electron chi connectivity index (χ2n) is 3.24. The van der Waals surface area contributed by atoms with Gasteiger partial charge in [0.2, 0.25) is 0 Å². The number of halogens is 1. The number of hydrogen-bond donors (Lipinski definition) is 2. The number of amides is 2. The lowest BCUT2D eigenvalue weighted by Gasteiger charge is -2.06. The molecule has 0 unspecified atom stereocenters. The maximum atomic E-state index is 12.6. The highest BCUT2D eigenvalue weighted by Gasteiger charge is 2.04. The quantitative estimate of drug-likeness (QED) is 0.765. The van der Waals surface area contributed by atoms with Crippen molar-refractivity contribution in [2.45, 2.75) is 6.54 Å². The Morgan fingerprint density at radius 1 is 1.24 bits per heavy atom. The van der Waals surface area contributed by atoms with Crippen LogP contribution in [0.2, 0.25) is 0 Å². The van der Waals surface area contributed by atoms with Gasteiger partial charge in [0.15, 0.2) is 0 Å². The lowest BCUT2D eigenvalue weighted by atomic mass is 10.2. The number of ether oxygens (including phenoxy) is 1. The minimum absolute atomic E-state index is 0.189. The Balaban J connectivity index is 2.28. The van der Waals surface area contributed by atoms with Gasteiger partial charge >= 0.3 is 12.0 Å². The van der Waals surface area contributed by atoms with Crippen LogP contribution in [0, 0.1) is 5.82 Å². The van der Waals surface area contributed by atoms with Gasteiger partial charge in [0.05, 0.1) is 7.11 Å². The maximum absolute atomic E-state index is 12.6. The summed E-state index contributed by atoms with van der Waals surface area (Å²) in [5.74, 6) is -0.856. The van der Waals surface area contributed by atoms with Crippen LogP contribution in [0.25, 0.3) is 0 Å². The molecule has 0 saturated carbocycles. The molecule has 0 spiro atoms. The number of benzene rings is 1. The Morgan fingerprint density at radius 3 is 2.47 bits per heavy atom. The summed E-state index contributed by atoms with van der Waals surface area (Å²) in [7, 11) is 1.24. The van der Waals surface area contributed by atoms with Crippen LogP contribution < -0.4 is 10.6 Å². The van der Waals surface area contributed by atoms with Gasteiger partial charge in [-0.15, -0.1) is 0 Å². The largest absolute Gasteiger partial charge is 0.468 e. The summed E-state index contributed by atoms with van der Waals surface area (Å²) >= 11 is 0. The summed E-state index contributed by atoms with van der Waals surface area (Å²) in [5, 5.41) is 4.83. The number of carbonyl (C=O) groups is 2. The van der Waals surface area contributed by atoms with Gasteiger partial charge in [-0.2, -0.15) is 0 Å². The average molecular weight is 240 g/mol. The molecule has 1 aromatic carbocycles. The zero-order valence-electron chi connectivity index (χ0n) is 9.33. The van der Waals surface area contributed by atoms with Gasteiger partial charge < -0.3 is 15.4 Å². The number of nitrogens with one attached hydrogen (secondary N) is 2. The van der Waals surface area contributed by atoms with Crippen LogP contribution in [0.3, 0.4) is 0 Å². The second kappa shape index (κ2) is 6.47.